The van der Waals surface area contributed by atoms with Crippen molar-refractivity contribution >= 4 is 18.7 Å². The molecule has 0 aliphatic heterocycles. The van der Waals surface area contributed by atoms with Gasteiger partial charge < -0.3 is 12.9 Å². The molecule has 0 aliphatic carbocycles. The fourth-order valence-electron chi connectivity index (χ4n) is 0.138. The highest BCUT2D eigenvalue weighted by Crippen LogP contribution is 2.08. The molecule has 0 aliphatic rings. The average molecular weight is 143 g/mol. The van der Waals surface area contributed by atoms with Crippen LogP contribution in [0.2, 0.25) is 0 Å². The molecular weight excluding hydrogens is 141 g/mol. The lowest BCUT2D eigenvalue weighted by atomic mass is 10.2. The zero-order valence-corrected chi connectivity index (χ0v) is 4.50. The van der Waals surface area contributed by atoms with Gasteiger partial charge in [0.05, 0.1) is 0 Å². The fraction of sp³-hybridized carbons (Fsp3) is 0.500. The Labute approximate surface area is 49.3 Å². The normalized spacial score (nSPS) is 10.0. The Bertz CT molecular complexity index is 121. The molecule has 6 heteroatoms. The second-order valence-electron chi connectivity index (χ2n) is 0.961. The van der Waals surface area contributed by atoms with E-state index in [1.807, 2.05) is 0 Å². The molecular formula is C2H2BClF3N. The summed E-state index contributed by atoms with van der Waals surface area (Å²) in [5.74, 6) is -0.318. The van der Waals surface area contributed by atoms with E-state index in [1.54, 1.807) is 6.07 Å². The van der Waals surface area contributed by atoms with Crippen LogP contribution in [-0.2, 0) is 0 Å². The van der Waals surface area contributed by atoms with Crippen molar-refractivity contribution in [1.29, 1.82) is 0 Å². The van der Waals surface area contributed by atoms with Gasteiger partial charge in [-0.25, -0.2) is 4.76 Å². The Morgan fingerprint density at radius 1 is 1.50 bits per heavy atom. The van der Waals surface area contributed by atoms with Gasteiger partial charge in [-0.2, -0.15) is 0 Å². The topological polar surface area (TPSA) is 4.36 Å². The molecule has 0 atom stereocenters. The molecule has 0 heterocycles. The summed E-state index contributed by atoms with van der Waals surface area (Å²) in [6.07, 6.45) is 0. The van der Waals surface area contributed by atoms with Gasteiger partial charge in [-0.15, -0.1) is 11.6 Å². The first-order chi connectivity index (χ1) is 3.56. The number of alkyl halides is 1. The summed E-state index contributed by atoms with van der Waals surface area (Å²) in [5.41, 5.74) is 0. The maximum Gasteiger partial charge on any atom is 0.930 e. The van der Waals surface area contributed by atoms with Gasteiger partial charge in [-0.3, -0.25) is 0 Å². The van der Waals surface area contributed by atoms with E-state index >= 15 is 0 Å². The van der Waals surface area contributed by atoms with E-state index in [0.717, 1.165) is 0 Å². The standard InChI is InChI=1S/C2H2BClF3N/c4-1-2-8-3(5,6)7/h1H2. The number of hydrogen-bond donors (Lipinski definition) is 0. The smallest absolute Gasteiger partial charge is 0.363 e. The third kappa shape index (κ3) is 5.63. The summed E-state index contributed by atoms with van der Waals surface area (Å²) in [5, 5.41) is 0. The summed E-state index contributed by atoms with van der Waals surface area (Å²) < 4.78 is 35.1. The Morgan fingerprint density at radius 3 is 2.12 bits per heavy atom. The Hall–Kier alpha value is -0.365. The van der Waals surface area contributed by atoms with Crippen molar-refractivity contribution < 1.29 is 12.9 Å². The summed E-state index contributed by atoms with van der Waals surface area (Å²) in [4.78, 5) is 0. The minimum absolute atomic E-state index is 0.318. The predicted octanol–water partition coefficient (Wildman–Crippen LogP) is 1.90. The molecule has 0 aromatic carbocycles. The molecule has 0 aromatic heterocycles. The van der Waals surface area contributed by atoms with E-state index in [1.165, 1.54) is 0 Å². The lowest BCUT2D eigenvalue weighted by molar-refractivity contribution is 0.497. The van der Waals surface area contributed by atoms with Crippen molar-refractivity contribution in [2.75, 3.05) is 5.88 Å². The van der Waals surface area contributed by atoms with E-state index in [9.17, 15) is 12.9 Å². The van der Waals surface area contributed by atoms with Gasteiger partial charge in [-0.05, 0) is 0 Å². The van der Waals surface area contributed by atoms with Crippen LogP contribution in [-0.4, -0.2) is 13.0 Å². The van der Waals surface area contributed by atoms with Gasteiger partial charge in [0.25, 0.3) is 0 Å². The molecule has 0 saturated heterocycles. The van der Waals surface area contributed by atoms with Gasteiger partial charge in [0.15, 0.2) is 0 Å². The molecule has 0 fully saturated rings. The van der Waals surface area contributed by atoms with Crippen LogP contribution >= 0.6 is 11.6 Å². The van der Waals surface area contributed by atoms with Crippen LogP contribution in [0.15, 0.2) is 0 Å². The number of hydrogen-bond acceptors (Lipinski definition) is 0. The van der Waals surface area contributed by atoms with Gasteiger partial charge in [0, 0.05) is 0 Å². The van der Waals surface area contributed by atoms with Crippen LogP contribution in [0, 0.1) is 6.07 Å². The third-order valence-corrected chi connectivity index (χ3v) is 0.417. The molecule has 46 valence electrons. The number of halogens is 4. The third-order valence-electron chi connectivity index (χ3n) is 0.297. The van der Waals surface area contributed by atoms with Crippen molar-refractivity contribution in [2.24, 2.45) is 0 Å². The maximum atomic E-state index is 11.0. The molecule has 8 heavy (non-hydrogen) atoms. The monoisotopic (exact) mass is 143 g/mol. The summed E-state index contributed by atoms with van der Waals surface area (Å²) in [6.45, 7) is 0. The molecule has 1 nitrogen and oxygen atoms in total. The van der Waals surface area contributed by atoms with E-state index in [-0.39, 0.29) is 5.88 Å². The maximum absolute atomic E-state index is 11.0. The molecule has 0 bridgehead atoms. The largest absolute Gasteiger partial charge is 0.930 e. The molecule has 0 amide bonds. The lowest BCUT2D eigenvalue weighted by Crippen LogP contribution is -2.06. The molecule has 0 spiro atoms. The minimum atomic E-state index is -5.07. The minimum Gasteiger partial charge on any atom is -0.363 e. The summed E-state index contributed by atoms with van der Waals surface area (Å²) in [6, 6.07) is 1.58. The van der Waals surface area contributed by atoms with E-state index in [4.69, 9.17) is 11.6 Å². The lowest BCUT2D eigenvalue weighted by Gasteiger charge is -1.84. The van der Waals surface area contributed by atoms with Gasteiger partial charge in [0.1, 0.15) is 5.88 Å². The number of rotatable bonds is 0. The highest BCUT2D eigenvalue weighted by Gasteiger charge is 2.42. The predicted molar refractivity (Wildman–Crippen MR) is 27.0 cm³/mol. The summed E-state index contributed by atoms with van der Waals surface area (Å²) >= 11 is 4.81. The second kappa shape index (κ2) is 2.83. The van der Waals surface area contributed by atoms with Gasteiger partial charge in [0.2, 0.25) is 6.07 Å². The summed E-state index contributed by atoms with van der Waals surface area (Å²) in [7, 11) is -5.07. The Morgan fingerprint density at radius 2 is 2.00 bits per heavy atom. The van der Waals surface area contributed by atoms with Crippen LogP contribution in [0.3, 0.4) is 0 Å². The van der Waals surface area contributed by atoms with Crippen LogP contribution in [0.4, 0.5) is 12.9 Å². The molecule has 0 aromatic rings. The first-order valence-corrected chi connectivity index (χ1v) is 2.29. The van der Waals surface area contributed by atoms with Crippen molar-refractivity contribution in [1.82, 2.24) is 0 Å². The van der Waals surface area contributed by atoms with Crippen LogP contribution in [0.5, 0.6) is 0 Å². The fourth-order valence-corrected chi connectivity index (χ4v) is 0.207. The van der Waals surface area contributed by atoms with E-state index in [0.29, 0.717) is 0 Å². The highest BCUT2D eigenvalue weighted by atomic mass is 35.5. The van der Waals surface area contributed by atoms with Crippen molar-refractivity contribution in [3.63, 3.8) is 0 Å². The zero-order valence-electron chi connectivity index (χ0n) is 3.74. The average Bonchev–Trinajstić information content (AvgIpc) is 1.59. The quantitative estimate of drug-likeness (QED) is 0.360. The highest BCUT2D eigenvalue weighted by molar-refractivity contribution is 6.62. The van der Waals surface area contributed by atoms with E-state index < -0.39 is 7.11 Å². The molecule has 0 radical (unpaired) electrons. The van der Waals surface area contributed by atoms with Crippen molar-refractivity contribution in [2.45, 2.75) is 0 Å². The molecule has 0 unspecified atom stereocenters. The van der Waals surface area contributed by atoms with Gasteiger partial charge in [-0.1, -0.05) is 0 Å². The van der Waals surface area contributed by atoms with Crippen molar-refractivity contribution in [3.8, 4) is 6.07 Å². The Kier molecular flexibility index (Phi) is 2.70. The SMILES string of the molecule is F[B-](F)(F)[N+]#CCCl. The number of nitrogens with zero attached hydrogens (tertiary/aromatic N) is 1. The van der Waals surface area contributed by atoms with Crippen LogP contribution in [0.25, 0.3) is 4.76 Å². The van der Waals surface area contributed by atoms with Gasteiger partial charge >= 0.3 is 7.11 Å². The first kappa shape index (κ1) is 7.63. The molecule has 0 rings (SSSR count). The second-order valence-corrected chi connectivity index (χ2v) is 1.23. The Balaban J connectivity index is 3.69. The first-order valence-electron chi connectivity index (χ1n) is 1.76. The molecule has 0 N–H and O–H groups in total. The van der Waals surface area contributed by atoms with Crippen LogP contribution < -0.4 is 0 Å². The zero-order chi connectivity index (χ0) is 6.62. The van der Waals surface area contributed by atoms with Crippen molar-refractivity contribution in [3.05, 3.63) is 4.76 Å². The van der Waals surface area contributed by atoms with E-state index in [2.05, 4.69) is 4.76 Å². The van der Waals surface area contributed by atoms with Crippen LogP contribution in [0.1, 0.15) is 0 Å². The molecule has 0 saturated carbocycles.